The van der Waals surface area contributed by atoms with E-state index < -0.39 is 0 Å². The Bertz CT molecular complexity index is 434. The Kier molecular flexibility index (Phi) is 4.53. The molecule has 0 saturated heterocycles. The van der Waals surface area contributed by atoms with Crippen molar-refractivity contribution in [3.05, 3.63) is 23.8 Å². The molecule has 2 rings (SSSR count). The van der Waals surface area contributed by atoms with Gasteiger partial charge in [-0.2, -0.15) is 11.8 Å². The molecule has 0 saturated carbocycles. The highest BCUT2D eigenvalue weighted by atomic mass is 32.2. The summed E-state index contributed by atoms with van der Waals surface area (Å²) in [5.41, 5.74) is 3.42. The molecule has 0 fully saturated rings. The Labute approximate surface area is 113 Å². The monoisotopic (exact) mass is 264 g/mol. The molecular weight excluding hydrogens is 244 g/mol. The van der Waals surface area contributed by atoms with E-state index >= 15 is 0 Å². The molecule has 4 heteroatoms. The van der Waals surface area contributed by atoms with Gasteiger partial charge in [0.2, 0.25) is 5.91 Å². The third kappa shape index (κ3) is 3.19. The number of aryl methyl sites for hydroxylation is 1. The van der Waals surface area contributed by atoms with Gasteiger partial charge in [0.1, 0.15) is 0 Å². The molecule has 1 heterocycles. The Balaban J connectivity index is 2.03. The van der Waals surface area contributed by atoms with E-state index in [1.165, 1.54) is 11.3 Å². The highest BCUT2D eigenvalue weighted by Crippen LogP contribution is 2.25. The maximum Gasteiger partial charge on any atom is 0.228 e. The average Bonchev–Trinajstić information content (AvgIpc) is 2.39. The van der Waals surface area contributed by atoms with Crippen LogP contribution in [0.2, 0.25) is 0 Å². The molecule has 1 unspecified atom stereocenters. The molecule has 1 aliphatic heterocycles. The molecule has 0 aromatic heterocycles. The molecule has 1 atom stereocenters. The minimum atomic E-state index is 0.0501. The van der Waals surface area contributed by atoms with E-state index in [2.05, 4.69) is 22.8 Å². The highest BCUT2D eigenvalue weighted by Gasteiger charge is 2.14. The fourth-order valence-corrected chi connectivity index (χ4v) is 2.80. The van der Waals surface area contributed by atoms with E-state index in [1.807, 2.05) is 19.2 Å². The number of hydrogen-bond donors (Lipinski definition) is 2. The van der Waals surface area contributed by atoms with E-state index in [-0.39, 0.29) is 11.8 Å². The summed E-state index contributed by atoms with van der Waals surface area (Å²) in [6.45, 7) is 3.01. The van der Waals surface area contributed by atoms with Crippen molar-refractivity contribution in [1.29, 1.82) is 0 Å². The fraction of sp³-hybridized carbons (Fsp3) is 0.500. The maximum absolute atomic E-state index is 11.9. The lowest BCUT2D eigenvalue weighted by molar-refractivity contribution is -0.118. The van der Waals surface area contributed by atoms with E-state index in [4.69, 9.17) is 0 Å². The van der Waals surface area contributed by atoms with Gasteiger partial charge in [0.15, 0.2) is 0 Å². The predicted molar refractivity (Wildman–Crippen MR) is 79.4 cm³/mol. The molecule has 1 aliphatic rings. The molecule has 3 nitrogen and oxygen atoms in total. The van der Waals surface area contributed by atoms with Crippen LogP contribution in [0, 0.1) is 5.92 Å². The lowest BCUT2D eigenvalue weighted by Gasteiger charge is -2.19. The Hall–Kier alpha value is -1.16. The van der Waals surface area contributed by atoms with E-state index in [1.54, 1.807) is 11.8 Å². The summed E-state index contributed by atoms with van der Waals surface area (Å²) in [4.78, 5) is 11.9. The molecule has 0 radical (unpaired) electrons. The van der Waals surface area contributed by atoms with Gasteiger partial charge in [-0.1, -0.05) is 6.92 Å². The van der Waals surface area contributed by atoms with Crippen LogP contribution < -0.4 is 10.6 Å². The van der Waals surface area contributed by atoms with Crippen molar-refractivity contribution in [1.82, 2.24) is 0 Å². The molecule has 1 aromatic carbocycles. The predicted octanol–water partition coefficient (Wildman–Crippen LogP) is 2.98. The summed E-state index contributed by atoms with van der Waals surface area (Å²) >= 11 is 1.70. The molecule has 98 valence electrons. The summed E-state index contributed by atoms with van der Waals surface area (Å²) in [5.74, 6) is 1.01. The van der Waals surface area contributed by atoms with Crippen molar-refractivity contribution >= 4 is 29.0 Å². The fourth-order valence-electron chi connectivity index (χ4n) is 2.14. The highest BCUT2D eigenvalue weighted by molar-refractivity contribution is 7.98. The van der Waals surface area contributed by atoms with Crippen molar-refractivity contribution in [3.63, 3.8) is 0 Å². The van der Waals surface area contributed by atoms with Gasteiger partial charge in [-0.15, -0.1) is 0 Å². The van der Waals surface area contributed by atoms with Gasteiger partial charge in [-0.25, -0.2) is 0 Å². The summed E-state index contributed by atoms with van der Waals surface area (Å²) in [5, 5.41) is 6.37. The molecule has 1 aromatic rings. The zero-order chi connectivity index (χ0) is 13.0. The zero-order valence-corrected chi connectivity index (χ0v) is 11.8. The summed E-state index contributed by atoms with van der Waals surface area (Å²) < 4.78 is 0. The maximum atomic E-state index is 11.9. The lowest BCUT2D eigenvalue weighted by atomic mass is 10.0. The van der Waals surface area contributed by atoms with Crippen LogP contribution in [0.4, 0.5) is 11.4 Å². The van der Waals surface area contributed by atoms with Gasteiger partial charge in [-0.05, 0) is 42.9 Å². The van der Waals surface area contributed by atoms with Crippen LogP contribution in [0.15, 0.2) is 18.2 Å². The van der Waals surface area contributed by atoms with Crippen molar-refractivity contribution in [2.75, 3.05) is 29.2 Å². The van der Waals surface area contributed by atoms with E-state index in [0.29, 0.717) is 0 Å². The minimum Gasteiger partial charge on any atom is -0.385 e. The number of benzene rings is 1. The molecule has 1 amide bonds. The minimum absolute atomic E-state index is 0.0501. The first-order valence-corrected chi connectivity index (χ1v) is 7.76. The second-order valence-corrected chi connectivity index (χ2v) is 5.66. The van der Waals surface area contributed by atoms with Crippen LogP contribution in [-0.4, -0.2) is 24.5 Å². The molecular formula is C14H20N2OS. The smallest absolute Gasteiger partial charge is 0.228 e. The number of carbonyl (C=O) groups is 1. The van der Waals surface area contributed by atoms with Crippen LogP contribution in [0.25, 0.3) is 0 Å². The van der Waals surface area contributed by atoms with Crippen LogP contribution in [-0.2, 0) is 11.2 Å². The normalized spacial score (nSPS) is 15.4. The number of carbonyl (C=O) groups excluding carboxylic acids is 1. The number of hydrogen-bond acceptors (Lipinski definition) is 3. The largest absolute Gasteiger partial charge is 0.385 e. The van der Waals surface area contributed by atoms with E-state index in [0.717, 1.165) is 30.8 Å². The van der Waals surface area contributed by atoms with Crippen LogP contribution in [0.5, 0.6) is 0 Å². The van der Waals surface area contributed by atoms with Gasteiger partial charge in [0, 0.05) is 29.6 Å². The average molecular weight is 264 g/mol. The third-order valence-electron chi connectivity index (χ3n) is 3.18. The van der Waals surface area contributed by atoms with Crippen molar-refractivity contribution in [2.45, 2.75) is 19.8 Å². The third-order valence-corrected chi connectivity index (χ3v) is 4.01. The van der Waals surface area contributed by atoms with E-state index in [9.17, 15) is 4.79 Å². The summed E-state index contributed by atoms with van der Waals surface area (Å²) in [6, 6.07) is 6.12. The van der Waals surface area contributed by atoms with Gasteiger partial charge in [-0.3, -0.25) is 4.79 Å². The van der Waals surface area contributed by atoms with Crippen LogP contribution >= 0.6 is 11.8 Å². The molecule has 0 bridgehead atoms. The van der Waals surface area contributed by atoms with Crippen LogP contribution in [0.3, 0.4) is 0 Å². The quantitative estimate of drug-likeness (QED) is 0.878. The summed E-state index contributed by atoms with van der Waals surface area (Å²) in [7, 11) is 0. The topological polar surface area (TPSA) is 41.1 Å². The Morgan fingerprint density at radius 1 is 1.56 bits per heavy atom. The SMILES string of the molecule is CSCC(C)C(=O)Nc1ccc2c(c1)CCCN2. The van der Waals surface area contributed by atoms with Gasteiger partial charge < -0.3 is 10.6 Å². The van der Waals surface area contributed by atoms with Gasteiger partial charge in [0.05, 0.1) is 0 Å². The first kappa shape index (κ1) is 13.3. The molecule has 0 spiro atoms. The number of rotatable bonds is 4. The van der Waals surface area contributed by atoms with Crippen LogP contribution in [0.1, 0.15) is 18.9 Å². The Morgan fingerprint density at radius 2 is 2.39 bits per heavy atom. The second kappa shape index (κ2) is 6.14. The number of thioether (sulfide) groups is 1. The lowest BCUT2D eigenvalue weighted by Crippen LogP contribution is -2.22. The van der Waals surface area contributed by atoms with Crippen molar-refractivity contribution in [2.24, 2.45) is 5.92 Å². The van der Waals surface area contributed by atoms with Crippen molar-refractivity contribution in [3.8, 4) is 0 Å². The number of amides is 1. The Morgan fingerprint density at radius 3 is 3.17 bits per heavy atom. The molecule has 2 N–H and O–H groups in total. The van der Waals surface area contributed by atoms with Gasteiger partial charge in [0.25, 0.3) is 0 Å². The first-order chi connectivity index (χ1) is 8.70. The number of fused-ring (bicyclic) bond motifs is 1. The first-order valence-electron chi connectivity index (χ1n) is 6.37. The number of anilines is 2. The van der Waals surface area contributed by atoms with Gasteiger partial charge >= 0.3 is 0 Å². The van der Waals surface area contributed by atoms with Crippen molar-refractivity contribution < 1.29 is 4.79 Å². The standard InChI is InChI=1S/C14H20N2OS/c1-10(9-18-2)14(17)16-12-5-6-13-11(8-12)4-3-7-15-13/h5-6,8,10,15H,3-4,7,9H2,1-2H3,(H,16,17). The molecule has 0 aliphatic carbocycles. The summed E-state index contributed by atoms with van der Waals surface area (Å²) in [6.07, 6.45) is 4.27. The second-order valence-electron chi connectivity index (χ2n) is 4.75. The number of nitrogens with one attached hydrogen (secondary N) is 2. The molecule has 18 heavy (non-hydrogen) atoms. The zero-order valence-electron chi connectivity index (χ0n) is 11.0.